The highest BCUT2D eigenvalue weighted by atomic mass is 35.5. The third-order valence-electron chi connectivity index (χ3n) is 5.25. The van der Waals surface area contributed by atoms with Crippen molar-refractivity contribution in [2.24, 2.45) is 11.1 Å². The first-order valence-corrected chi connectivity index (χ1v) is 10.3. The van der Waals surface area contributed by atoms with Crippen molar-refractivity contribution in [2.75, 3.05) is 30.3 Å². The van der Waals surface area contributed by atoms with Crippen molar-refractivity contribution in [2.45, 2.75) is 29.7 Å². The number of fused-ring (bicyclic) bond motifs is 1. The first-order valence-electron chi connectivity index (χ1n) is 9.14. The number of halogens is 1. The molecule has 0 aliphatic carbocycles. The van der Waals surface area contributed by atoms with Crippen LogP contribution in [0.5, 0.6) is 0 Å². The van der Waals surface area contributed by atoms with Gasteiger partial charge in [0.05, 0.1) is 11.2 Å². The Bertz CT molecular complexity index is 1000. The Balaban J connectivity index is 1.54. The summed E-state index contributed by atoms with van der Waals surface area (Å²) in [5, 5.41) is 1.21. The number of piperidine rings is 1. The van der Waals surface area contributed by atoms with Crippen molar-refractivity contribution in [3.8, 4) is 0 Å². The molecule has 4 heterocycles. The molecule has 4 N–H and O–H groups in total. The molecule has 9 heteroatoms. The van der Waals surface area contributed by atoms with Gasteiger partial charge in [-0.1, -0.05) is 30.3 Å². The molecule has 0 bridgehead atoms. The molecule has 1 aliphatic heterocycles. The summed E-state index contributed by atoms with van der Waals surface area (Å²) in [7, 11) is 0. The van der Waals surface area contributed by atoms with E-state index in [-0.39, 0.29) is 5.41 Å². The summed E-state index contributed by atoms with van der Waals surface area (Å²) >= 11 is 7.65. The molecule has 0 amide bonds. The van der Waals surface area contributed by atoms with Gasteiger partial charge in [-0.15, -0.1) is 0 Å². The van der Waals surface area contributed by atoms with E-state index >= 15 is 0 Å². The maximum Gasteiger partial charge on any atom is 0.179 e. The van der Waals surface area contributed by atoms with Crippen molar-refractivity contribution in [1.82, 2.24) is 19.9 Å². The smallest absolute Gasteiger partial charge is 0.179 e. The lowest BCUT2D eigenvalue weighted by atomic mass is 9.80. The minimum absolute atomic E-state index is 0.228. The zero-order valence-electron chi connectivity index (χ0n) is 15.6. The van der Waals surface area contributed by atoms with Gasteiger partial charge in [-0.25, -0.2) is 19.9 Å². The second-order valence-corrected chi connectivity index (χ2v) is 8.77. The Morgan fingerprint density at radius 3 is 2.71 bits per heavy atom. The van der Waals surface area contributed by atoms with Gasteiger partial charge in [-0.05, 0) is 43.0 Å². The molecule has 1 aliphatic rings. The maximum absolute atomic E-state index is 6.22. The van der Waals surface area contributed by atoms with E-state index in [9.17, 15) is 0 Å². The third-order valence-corrected chi connectivity index (χ3v) is 6.75. The minimum atomic E-state index is 0.228. The quantitative estimate of drug-likeness (QED) is 0.667. The van der Waals surface area contributed by atoms with Crippen LogP contribution >= 0.6 is 23.4 Å². The van der Waals surface area contributed by atoms with Gasteiger partial charge in [0.25, 0.3) is 0 Å². The SMILES string of the molecule is CC1(CN)CCN(c2cnc3nc(Sc4ccnc(N)c4Cl)ccc3n2)CC1. The Hall–Kier alpha value is -2.16. The van der Waals surface area contributed by atoms with E-state index in [1.54, 1.807) is 12.4 Å². The molecule has 0 unspecified atom stereocenters. The molecule has 0 radical (unpaired) electrons. The topological polar surface area (TPSA) is 107 Å². The number of nitrogens with zero attached hydrogens (tertiary/aromatic N) is 5. The van der Waals surface area contributed by atoms with Gasteiger partial charge in [0, 0.05) is 24.2 Å². The highest BCUT2D eigenvalue weighted by Crippen LogP contribution is 2.35. The summed E-state index contributed by atoms with van der Waals surface area (Å²) < 4.78 is 0. The number of hydrogen-bond donors (Lipinski definition) is 2. The highest BCUT2D eigenvalue weighted by molar-refractivity contribution is 7.99. The van der Waals surface area contributed by atoms with Crippen molar-refractivity contribution in [3.63, 3.8) is 0 Å². The molecular formula is C19H22ClN7S. The Morgan fingerprint density at radius 1 is 1.18 bits per heavy atom. The van der Waals surface area contributed by atoms with E-state index in [0.29, 0.717) is 16.5 Å². The van der Waals surface area contributed by atoms with Crippen LogP contribution in [0.1, 0.15) is 19.8 Å². The van der Waals surface area contributed by atoms with Crippen molar-refractivity contribution in [3.05, 3.63) is 35.6 Å². The van der Waals surface area contributed by atoms with E-state index in [1.807, 2.05) is 18.2 Å². The normalized spacial score (nSPS) is 16.5. The maximum atomic E-state index is 6.22. The van der Waals surface area contributed by atoms with E-state index in [1.165, 1.54) is 11.8 Å². The fourth-order valence-electron chi connectivity index (χ4n) is 3.20. The van der Waals surface area contributed by atoms with Gasteiger partial charge in [-0.3, -0.25) is 0 Å². The molecule has 0 atom stereocenters. The zero-order valence-corrected chi connectivity index (χ0v) is 17.2. The lowest BCUT2D eigenvalue weighted by Crippen LogP contribution is -2.42. The van der Waals surface area contributed by atoms with Gasteiger partial charge in [-0.2, -0.15) is 0 Å². The summed E-state index contributed by atoms with van der Waals surface area (Å²) in [6.45, 7) is 4.86. The largest absolute Gasteiger partial charge is 0.382 e. The molecule has 3 aromatic heterocycles. The predicted octanol–water partition coefficient (Wildman–Crippen LogP) is 3.37. The molecule has 1 saturated heterocycles. The lowest BCUT2D eigenvalue weighted by molar-refractivity contribution is 0.258. The van der Waals surface area contributed by atoms with Crippen LogP contribution in [0.3, 0.4) is 0 Å². The third kappa shape index (κ3) is 3.85. The summed E-state index contributed by atoms with van der Waals surface area (Å²) in [6.07, 6.45) is 5.55. The van der Waals surface area contributed by atoms with Crippen LogP contribution in [0.4, 0.5) is 11.6 Å². The number of aromatic nitrogens is 4. The summed E-state index contributed by atoms with van der Waals surface area (Å²) in [6, 6.07) is 5.67. The summed E-state index contributed by atoms with van der Waals surface area (Å²) in [5.74, 6) is 1.20. The van der Waals surface area contributed by atoms with E-state index in [0.717, 1.165) is 53.7 Å². The number of pyridine rings is 2. The Kier molecular flexibility index (Phi) is 5.27. The fraction of sp³-hybridized carbons (Fsp3) is 0.368. The van der Waals surface area contributed by atoms with Crippen LogP contribution in [0.25, 0.3) is 11.2 Å². The van der Waals surface area contributed by atoms with Crippen molar-refractivity contribution in [1.29, 1.82) is 0 Å². The van der Waals surface area contributed by atoms with Crippen LogP contribution < -0.4 is 16.4 Å². The molecule has 1 fully saturated rings. The van der Waals surface area contributed by atoms with Gasteiger partial charge >= 0.3 is 0 Å². The molecule has 4 rings (SSSR count). The van der Waals surface area contributed by atoms with E-state index in [4.69, 9.17) is 28.1 Å². The molecule has 7 nitrogen and oxygen atoms in total. The first kappa shape index (κ1) is 19.2. The average molecular weight is 416 g/mol. The average Bonchev–Trinajstić information content (AvgIpc) is 2.72. The fourth-order valence-corrected chi connectivity index (χ4v) is 4.24. The first-order chi connectivity index (χ1) is 13.5. The Labute approximate surface area is 172 Å². The second-order valence-electron chi connectivity index (χ2n) is 7.33. The van der Waals surface area contributed by atoms with Crippen LogP contribution in [0.15, 0.2) is 40.5 Å². The number of nitrogen functional groups attached to an aromatic ring is 1. The highest BCUT2D eigenvalue weighted by Gasteiger charge is 2.29. The van der Waals surface area contributed by atoms with Crippen LogP contribution in [-0.2, 0) is 0 Å². The molecule has 146 valence electrons. The van der Waals surface area contributed by atoms with Gasteiger partial charge in [0.2, 0.25) is 0 Å². The zero-order chi connectivity index (χ0) is 19.7. The lowest BCUT2D eigenvalue weighted by Gasteiger charge is -2.39. The van der Waals surface area contributed by atoms with Crippen LogP contribution in [0.2, 0.25) is 5.02 Å². The van der Waals surface area contributed by atoms with Gasteiger partial charge < -0.3 is 16.4 Å². The predicted molar refractivity (Wildman–Crippen MR) is 114 cm³/mol. The Morgan fingerprint density at radius 2 is 1.96 bits per heavy atom. The molecule has 0 aromatic carbocycles. The standard InChI is InChI=1S/C19H22ClN7S/c1-19(11-21)5-8-27(9-6-19)14-10-24-18-12(25-14)2-3-15(26-18)28-13-4-7-23-17(22)16(13)20/h2-4,7,10H,5-6,8-9,11,21H2,1H3,(H2,22,23). The van der Waals surface area contributed by atoms with Crippen LogP contribution in [0, 0.1) is 5.41 Å². The van der Waals surface area contributed by atoms with E-state index in [2.05, 4.69) is 26.8 Å². The summed E-state index contributed by atoms with van der Waals surface area (Å²) in [5.41, 5.74) is 13.3. The molecular weight excluding hydrogens is 394 g/mol. The molecule has 0 saturated carbocycles. The van der Waals surface area contributed by atoms with E-state index < -0.39 is 0 Å². The van der Waals surface area contributed by atoms with Gasteiger partial charge in [0.1, 0.15) is 22.2 Å². The number of nitrogens with two attached hydrogens (primary N) is 2. The van der Waals surface area contributed by atoms with Crippen molar-refractivity contribution < 1.29 is 0 Å². The molecule has 3 aromatic rings. The van der Waals surface area contributed by atoms with Crippen molar-refractivity contribution >= 4 is 46.2 Å². The van der Waals surface area contributed by atoms with Crippen LogP contribution in [-0.4, -0.2) is 39.6 Å². The molecule has 0 spiro atoms. The molecule has 28 heavy (non-hydrogen) atoms. The minimum Gasteiger partial charge on any atom is -0.382 e. The van der Waals surface area contributed by atoms with Gasteiger partial charge in [0.15, 0.2) is 5.65 Å². The number of anilines is 2. The number of rotatable bonds is 4. The number of hydrogen-bond acceptors (Lipinski definition) is 8. The monoisotopic (exact) mass is 415 g/mol. The second kappa shape index (κ2) is 7.69. The summed E-state index contributed by atoms with van der Waals surface area (Å²) in [4.78, 5) is 20.9.